The number of aromatic nitrogens is 2. The van der Waals surface area contributed by atoms with Crippen LogP contribution in [0.2, 0.25) is 0 Å². The standard InChI is InChI=1S/C12H19N5O/c1-8-14-9(13)7-10(15-8)17-6-5-16(4)11(18)12(17,2)3/h7H,5-6H2,1-4H3,(H2,13,14,15). The number of carbonyl (C=O) groups excluding carboxylic acids is 1. The van der Waals surface area contributed by atoms with Gasteiger partial charge in [0.1, 0.15) is 23.0 Å². The Kier molecular flexibility index (Phi) is 2.88. The van der Waals surface area contributed by atoms with Crippen LogP contribution in [0, 0.1) is 6.92 Å². The first-order valence-electron chi connectivity index (χ1n) is 5.97. The Labute approximate surface area is 107 Å². The van der Waals surface area contributed by atoms with E-state index in [-0.39, 0.29) is 5.91 Å². The van der Waals surface area contributed by atoms with Crippen molar-refractivity contribution < 1.29 is 4.79 Å². The highest BCUT2D eigenvalue weighted by Crippen LogP contribution is 2.27. The van der Waals surface area contributed by atoms with Crippen LogP contribution in [0.3, 0.4) is 0 Å². The number of anilines is 2. The number of nitrogens with two attached hydrogens (primary N) is 1. The number of hydrogen-bond donors (Lipinski definition) is 1. The maximum atomic E-state index is 12.2. The van der Waals surface area contributed by atoms with E-state index in [2.05, 4.69) is 9.97 Å². The molecule has 0 atom stereocenters. The second-order valence-corrected chi connectivity index (χ2v) is 5.14. The van der Waals surface area contributed by atoms with Crippen LogP contribution in [-0.2, 0) is 4.79 Å². The molecule has 0 radical (unpaired) electrons. The lowest BCUT2D eigenvalue weighted by atomic mass is 9.98. The third kappa shape index (κ3) is 1.98. The number of nitrogen functional groups attached to an aromatic ring is 1. The Morgan fingerprint density at radius 1 is 1.33 bits per heavy atom. The largest absolute Gasteiger partial charge is 0.384 e. The molecule has 18 heavy (non-hydrogen) atoms. The number of aryl methyl sites for hydroxylation is 1. The third-order valence-electron chi connectivity index (χ3n) is 3.32. The molecule has 2 N–H and O–H groups in total. The van der Waals surface area contributed by atoms with Crippen molar-refractivity contribution in [2.24, 2.45) is 0 Å². The maximum Gasteiger partial charge on any atom is 0.247 e. The molecular formula is C12H19N5O. The van der Waals surface area contributed by atoms with Gasteiger partial charge in [-0.25, -0.2) is 9.97 Å². The minimum atomic E-state index is -0.611. The fraction of sp³-hybridized carbons (Fsp3) is 0.583. The Hall–Kier alpha value is -1.85. The molecule has 6 heteroatoms. The predicted octanol–water partition coefficient (Wildman–Crippen LogP) is 0.424. The second kappa shape index (κ2) is 4.12. The van der Waals surface area contributed by atoms with Gasteiger partial charge in [0.25, 0.3) is 0 Å². The molecule has 1 aromatic heterocycles. The lowest BCUT2D eigenvalue weighted by molar-refractivity contribution is -0.136. The molecule has 1 amide bonds. The van der Waals surface area contributed by atoms with Crippen molar-refractivity contribution in [3.63, 3.8) is 0 Å². The zero-order valence-corrected chi connectivity index (χ0v) is 11.3. The fourth-order valence-electron chi connectivity index (χ4n) is 2.33. The number of amides is 1. The molecule has 1 aromatic rings. The van der Waals surface area contributed by atoms with E-state index in [1.54, 1.807) is 17.9 Å². The summed E-state index contributed by atoms with van der Waals surface area (Å²) in [7, 11) is 1.82. The molecule has 0 bridgehead atoms. The van der Waals surface area contributed by atoms with Crippen LogP contribution in [0.5, 0.6) is 0 Å². The van der Waals surface area contributed by atoms with Gasteiger partial charge in [0.15, 0.2) is 0 Å². The van der Waals surface area contributed by atoms with Gasteiger partial charge in [0.2, 0.25) is 5.91 Å². The maximum absolute atomic E-state index is 12.2. The predicted molar refractivity (Wildman–Crippen MR) is 70.2 cm³/mol. The second-order valence-electron chi connectivity index (χ2n) is 5.14. The van der Waals surface area contributed by atoms with E-state index >= 15 is 0 Å². The summed E-state index contributed by atoms with van der Waals surface area (Å²) in [5.74, 6) is 1.85. The van der Waals surface area contributed by atoms with Crippen molar-refractivity contribution in [1.29, 1.82) is 0 Å². The van der Waals surface area contributed by atoms with Crippen molar-refractivity contribution in [2.75, 3.05) is 30.8 Å². The van der Waals surface area contributed by atoms with E-state index in [0.29, 0.717) is 24.0 Å². The van der Waals surface area contributed by atoms with Gasteiger partial charge in [-0.2, -0.15) is 0 Å². The molecule has 6 nitrogen and oxygen atoms in total. The van der Waals surface area contributed by atoms with Crippen molar-refractivity contribution in [3.8, 4) is 0 Å². The first-order valence-corrected chi connectivity index (χ1v) is 5.97. The molecule has 1 fully saturated rings. The molecule has 2 rings (SSSR count). The van der Waals surface area contributed by atoms with Crippen molar-refractivity contribution >= 4 is 17.5 Å². The van der Waals surface area contributed by atoms with Gasteiger partial charge >= 0.3 is 0 Å². The summed E-state index contributed by atoms with van der Waals surface area (Å²) in [5.41, 5.74) is 5.13. The van der Waals surface area contributed by atoms with E-state index in [4.69, 9.17) is 5.73 Å². The Morgan fingerprint density at radius 3 is 2.61 bits per heavy atom. The SMILES string of the molecule is Cc1nc(N)cc(N2CCN(C)C(=O)C2(C)C)n1. The van der Waals surface area contributed by atoms with Crippen LogP contribution < -0.4 is 10.6 Å². The number of likely N-dealkylation sites (N-methyl/N-ethyl adjacent to an activating group) is 1. The van der Waals surface area contributed by atoms with E-state index < -0.39 is 5.54 Å². The zero-order valence-electron chi connectivity index (χ0n) is 11.3. The quantitative estimate of drug-likeness (QED) is 0.781. The molecular weight excluding hydrogens is 230 g/mol. The van der Waals surface area contributed by atoms with Gasteiger partial charge in [-0.1, -0.05) is 0 Å². The van der Waals surface area contributed by atoms with E-state index in [1.807, 2.05) is 25.8 Å². The number of rotatable bonds is 1. The molecule has 98 valence electrons. The highest BCUT2D eigenvalue weighted by atomic mass is 16.2. The van der Waals surface area contributed by atoms with E-state index in [0.717, 1.165) is 6.54 Å². The number of hydrogen-bond acceptors (Lipinski definition) is 5. The molecule has 1 aliphatic rings. The summed E-state index contributed by atoms with van der Waals surface area (Å²) >= 11 is 0. The number of carbonyl (C=O) groups is 1. The van der Waals surface area contributed by atoms with Gasteiger partial charge in [-0.05, 0) is 20.8 Å². The van der Waals surface area contributed by atoms with Crippen LogP contribution in [0.15, 0.2) is 6.07 Å². The van der Waals surface area contributed by atoms with Gasteiger partial charge in [0, 0.05) is 26.2 Å². The van der Waals surface area contributed by atoms with Crippen LogP contribution in [-0.4, -0.2) is 46.5 Å². The third-order valence-corrected chi connectivity index (χ3v) is 3.32. The molecule has 0 saturated carbocycles. The zero-order chi connectivity index (χ0) is 13.5. The Bertz CT molecular complexity index is 465. The fourth-order valence-corrected chi connectivity index (χ4v) is 2.33. The summed E-state index contributed by atoms with van der Waals surface area (Å²) < 4.78 is 0. The summed E-state index contributed by atoms with van der Waals surface area (Å²) in [6, 6.07) is 1.72. The average molecular weight is 249 g/mol. The minimum absolute atomic E-state index is 0.0867. The molecule has 0 spiro atoms. The van der Waals surface area contributed by atoms with Crippen molar-refractivity contribution in [3.05, 3.63) is 11.9 Å². The number of nitrogens with zero attached hydrogens (tertiary/aromatic N) is 4. The minimum Gasteiger partial charge on any atom is -0.384 e. The van der Waals surface area contributed by atoms with E-state index in [9.17, 15) is 4.79 Å². The summed E-state index contributed by atoms with van der Waals surface area (Å²) in [4.78, 5) is 24.4. The van der Waals surface area contributed by atoms with Gasteiger partial charge in [0.05, 0.1) is 0 Å². The Balaban J connectivity index is 2.41. The molecule has 0 unspecified atom stereocenters. The van der Waals surface area contributed by atoms with Crippen LogP contribution in [0.25, 0.3) is 0 Å². The normalized spacial score (nSPS) is 19.2. The molecule has 1 aliphatic heterocycles. The average Bonchev–Trinajstić information content (AvgIpc) is 2.24. The van der Waals surface area contributed by atoms with Gasteiger partial charge < -0.3 is 15.5 Å². The lowest BCUT2D eigenvalue weighted by Crippen LogP contribution is -2.62. The first kappa shape index (κ1) is 12.6. The number of piperazine rings is 1. The summed E-state index contributed by atoms with van der Waals surface area (Å²) in [6.45, 7) is 7.03. The molecule has 0 aliphatic carbocycles. The summed E-state index contributed by atoms with van der Waals surface area (Å²) in [5, 5.41) is 0. The molecule has 2 heterocycles. The smallest absolute Gasteiger partial charge is 0.247 e. The van der Waals surface area contributed by atoms with Gasteiger partial charge in [-0.15, -0.1) is 0 Å². The van der Waals surface area contributed by atoms with Crippen molar-refractivity contribution in [1.82, 2.24) is 14.9 Å². The molecule has 1 saturated heterocycles. The van der Waals surface area contributed by atoms with Crippen LogP contribution >= 0.6 is 0 Å². The van der Waals surface area contributed by atoms with Gasteiger partial charge in [-0.3, -0.25) is 4.79 Å². The highest BCUT2D eigenvalue weighted by Gasteiger charge is 2.41. The first-order chi connectivity index (χ1) is 8.32. The lowest BCUT2D eigenvalue weighted by Gasteiger charge is -2.45. The monoisotopic (exact) mass is 249 g/mol. The Morgan fingerprint density at radius 2 is 2.00 bits per heavy atom. The highest BCUT2D eigenvalue weighted by molar-refractivity contribution is 5.90. The summed E-state index contributed by atoms with van der Waals surface area (Å²) in [6.07, 6.45) is 0. The van der Waals surface area contributed by atoms with Crippen LogP contribution in [0.4, 0.5) is 11.6 Å². The van der Waals surface area contributed by atoms with Crippen molar-refractivity contribution in [2.45, 2.75) is 26.3 Å². The van der Waals surface area contributed by atoms with E-state index in [1.165, 1.54) is 0 Å². The van der Waals surface area contributed by atoms with Crippen LogP contribution in [0.1, 0.15) is 19.7 Å². The topological polar surface area (TPSA) is 75.3 Å². The molecule has 0 aromatic carbocycles.